The molecule has 0 N–H and O–H groups in total. The summed E-state index contributed by atoms with van der Waals surface area (Å²) in [6.07, 6.45) is 3.78. The first-order chi connectivity index (χ1) is 17.6. The Bertz CT molecular complexity index is 1230. The highest BCUT2D eigenvalue weighted by atomic mass is 19.3. The van der Waals surface area contributed by atoms with Crippen LogP contribution in [0, 0.1) is 0 Å². The van der Waals surface area contributed by atoms with E-state index in [0.717, 1.165) is 35.4 Å². The van der Waals surface area contributed by atoms with Crippen LogP contribution in [0.4, 0.5) is 13.6 Å². The van der Waals surface area contributed by atoms with Gasteiger partial charge < -0.3 is 14.4 Å². The Balaban J connectivity index is 1.59. The number of amides is 2. The number of rotatable bonds is 5. The number of aromatic nitrogens is 2. The molecule has 0 unspecified atom stereocenters. The third-order valence-electron chi connectivity index (χ3n) is 7.00. The van der Waals surface area contributed by atoms with Crippen LogP contribution < -0.4 is 4.74 Å². The van der Waals surface area contributed by atoms with Crippen molar-refractivity contribution >= 4 is 12.0 Å². The van der Waals surface area contributed by atoms with Crippen molar-refractivity contribution in [2.45, 2.75) is 70.6 Å². The molecule has 1 saturated carbocycles. The second-order valence-electron chi connectivity index (χ2n) is 10.8. The van der Waals surface area contributed by atoms with Crippen LogP contribution in [-0.4, -0.2) is 63.4 Å². The fourth-order valence-corrected chi connectivity index (χ4v) is 5.23. The van der Waals surface area contributed by atoms with Gasteiger partial charge in [0.1, 0.15) is 11.3 Å². The summed E-state index contributed by atoms with van der Waals surface area (Å²) >= 11 is 0. The minimum atomic E-state index is -2.97. The number of carbonyl (C=O) groups is 2. The van der Waals surface area contributed by atoms with Crippen LogP contribution in [-0.2, 0) is 22.4 Å². The van der Waals surface area contributed by atoms with E-state index >= 15 is 0 Å². The van der Waals surface area contributed by atoms with E-state index in [1.165, 1.54) is 6.08 Å². The summed E-state index contributed by atoms with van der Waals surface area (Å²) in [5.41, 5.74) is 3.13. The van der Waals surface area contributed by atoms with E-state index < -0.39 is 24.3 Å². The van der Waals surface area contributed by atoms with Gasteiger partial charge in [-0.15, -0.1) is 0 Å². The van der Waals surface area contributed by atoms with Gasteiger partial charge >= 0.3 is 12.7 Å². The molecule has 1 aliphatic carbocycles. The number of carbonyl (C=O) groups excluding carboxylic acids is 2. The molecule has 1 aromatic carbocycles. The van der Waals surface area contributed by atoms with Crippen LogP contribution in [0.1, 0.15) is 68.1 Å². The predicted octanol–water partition coefficient (Wildman–Crippen LogP) is 4.76. The number of halogens is 2. The van der Waals surface area contributed by atoms with Crippen LogP contribution in [0.2, 0.25) is 0 Å². The highest BCUT2D eigenvalue weighted by molar-refractivity contribution is 5.87. The summed E-state index contributed by atoms with van der Waals surface area (Å²) in [5.74, 6) is 0.238. The van der Waals surface area contributed by atoms with E-state index in [4.69, 9.17) is 14.6 Å². The Kier molecular flexibility index (Phi) is 6.45. The van der Waals surface area contributed by atoms with Gasteiger partial charge in [0, 0.05) is 38.0 Å². The molecule has 37 heavy (non-hydrogen) atoms. The lowest BCUT2D eigenvalue weighted by molar-refractivity contribution is -0.126. The third-order valence-corrected chi connectivity index (χ3v) is 7.00. The number of benzene rings is 1. The number of ether oxygens (including phenoxy) is 2. The highest BCUT2D eigenvalue weighted by Gasteiger charge is 2.41. The Hall–Kier alpha value is -3.43. The maximum atomic E-state index is 13.4. The lowest BCUT2D eigenvalue weighted by Crippen LogP contribution is -2.47. The topological polar surface area (TPSA) is 76.9 Å². The number of nitrogens with zero attached hydrogens (tertiary/aromatic N) is 4. The average molecular weight is 515 g/mol. The molecule has 0 saturated heterocycles. The predicted molar refractivity (Wildman–Crippen MR) is 132 cm³/mol. The van der Waals surface area contributed by atoms with Gasteiger partial charge in [0.2, 0.25) is 5.91 Å². The molecule has 1 aromatic heterocycles. The van der Waals surface area contributed by atoms with Gasteiger partial charge in [-0.05, 0) is 63.3 Å². The molecule has 0 spiro atoms. The van der Waals surface area contributed by atoms with Crippen LogP contribution in [0.3, 0.4) is 0 Å². The van der Waals surface area contributed by atoms with Crippen LogP contribution in [0.15, 0.2) is 30.9 Å². The van der Waals surface area contributed by atoms with Gasteiger partial charge in [-0.2, -0.15) is 13.9 Å². The van der Waals surface area contributed by atoms with Gasteiger partial charge in [-0.25, -0.2) is 9.48 Å². The molecule has 3 aliphatic rings. The smallest absolute Gasteiger partial charge is 0.410 e. The van der Waals surface area contributed by atoms with E-state index in [9.17, 15) is 18.4 Å². The summed E-state index contributed by atoms with van der Waals surface area (Å²) in [6.45, 7) is 7.05. The van der Waals surface area contributed by atoms with Gasteiger partial charge in [0.25, 0.3) is 0 Å². The fourth-order valence-electron chi connectivity index (χ4n) is 5.23. The van der Waals surface area contributed by atoms with E-state index in [1.807, 2.05) is 6.07 Å². The molecule has 5 rings (SSSR count). The maximum Gasteiger partial charge on any atom is 0.410 e. The zero-order valence-electron chi connectivity index (χ0n) is 21.4. The number of hydrogen-bond donors (Lipinski definition) is 0. The Morgan fingerprint density at radius 3 is 2.59 bits per heavy atom. The molecule has 0 radical (unpaired) electrons. The second kappa shape index (κ2) is 9.46. The first-order valence-electron chi connectivity index (χ1n) is 12.7. The van der Waals surface area contributed by atoms with E-state index in [-0.39, 0.29) is 18.2 Å². The lowest BCUT2D eigenvalue weighted by Gasteiger charge is -2.38. The molecule has 3 heterocycles. The highest BCUT2D eigenvalue weighted by Crippen LogP contribution is 2.43. The summed E-state index contributed by atoms with van der Waals surface area (Å²) in [6, 6.07) is 4.94. The van der Waals surface area contributed by atoms with Crippen molar-refractivity contribution in [2.24, 2.45) is 0 Å². The molecule has 2 aliphatic heterocycles. The van der Waals surface area contributed by atoms with Crippen LogP contribution >= 0.6 is 0 Å². The average Bonchev–Trinajstić information content (AvgIpc) is 3.63. The van der Waals surface area contributed by atoms with E-state index in [1.54, 1.807) is 47.4 Å². The molecular weight excluding hydrogens is 482 g/mol. The minimum absolute atomic E-state index is 0.0860. The number of hydrogen-bond acceptors (Lipinski definition) is 5. The van der Waals surface area contributed by atoms with E-state index in [0.29, 0.717) is 37.5 Å². The Morgan fingerprint density at radius 2 is 1.95 bits per heavy atom. The summed E-state index contributed by atoms with van der Waals surface area (Å²) < 4.78 is 39.1. The molecule has 2 aromatic rings. The van der Waals surface area contributed by atoms with Crippen molar-refractivity contribution in [3.63, 3.8) is 0 Å². The first-order valence-corrected chi connectivity index (χ1v) is 12.7. The maximum absolute atomic E-state index is 13.4. The summed E-state index contributed by atoms with van der Waals surface area (Å²) in [5, 5.41) is 4.84. The normalized spacial score (nSPS) is 19.4. The zero-order valence-corrected chi connectivity index (χ0v) is 21.4. The molecule has 10 heteroatoms. The van der Waals surface area contributed by atoms with Crippen molar-refractivity contribution in [2.75, 3.05) is 19.6 Å². The van der Waals surface area contributed by atoms with Crippen LogP contribution in [0.25, 0.3) is 5.69 Å². The van der Waals surface area contributed by atoms with Crippen molar-refractivity contribution in [3.8, 4) is 11.4 Å². The molecular formula is C27H32F2N4O4. The summed E-state index contributed by atoms with van der Waals surface area (Å²) in [4.78, 5) is 29.0. The molecule has 8 nitrogen and oxygen atoms in total. The molecule has 2 amide bonds. The van der Waals surface area contributed by atoms with Crippen molar-refractivity contribution in [1.82, 2.24) is 19.6 Å². The molecule has 0 bridgehead atoms. The van der Waals surface area contributed by atoms with Gasteiger partial charge in [-0.3, -0.25) is 9.69 Å². The Morgan fingerprint density at radius 1 is 1.19 bits per heavy atom. The first kappa shape index (κ1) is 25.2. The van der Waals surface area contributed by atoms with Crippen molar-refractivity contribution in [3.05, 3.63) is 53.4 Å². The largest absolute Gasteiger partial charge is 0.444 e. The second-order valence-corrected chi connectivity index (χ2v) is 10.8. The van der Waals surface area contributed by atoms with Gasteiger partial charge in [-0.1, -0.05) is 12.6 Å². The fraction of sp³-hybridized carbons (Fsp3) is 0.519. The quantitative estimate of drug-likeness (QED) is 0.538. The Labute approximate surface area is 214 Å². The lowest BCUT2D eigenvalue weighted by atomic mass is 9.96. The van der Waals surface area contributed by atoms with Crippen molar-refractivity contribution in [1.29, 1.82) is 0 Å². The SMILES string of the molecule is C=CC(=O)N1CCc2nn(-c3ccc(C4CC4)cc3OC(F)F)c3c2[C@H](C1)N(C(=O)OC(C)(C)C)CC3. The molecule has 1 atom stereocenters. The van der Waals surface area contributed by atoms with Crippen LogP contribution in [0.5, 0.6) is 5.75 Å². The summed E-state index contributed by atoms with van der Waals surface area (Å²) in [7, 11) is 0. The zero-order chi connectivity index (χ0) is 26.5. The monoisotopic (exact) mass is 514 g/mol. The van der Waals surface area contributed by atoms with Gasteiger partial charge in [0.15, 0.2) is 5.75 Å². The number of alkyl halides is 2. The van der Waals surface area contributed by atoms with E-state index in [2.05, 4.69) is 6.58 Å². The van der Waals surface area contributed by atoms with Crippen molar-refractivity contribution < 1.29 is 27.8 Å². The minimum Gasteiger partial charge on any atom is -0.444 e. The molecule has 198 valence electrons. The molecule has 1 fully saturated rings. The standard InChI is InChI=1S/C27H32F2N4O4/c1-5-23(34)31-12-10-18-24-20(11-13-32(21(24)15-31)26(35)37-27(2,3)4)33(30-18)19-9-8-17(16-6-7-16)14-22(19)36-25(28)29/h5,8-9,14,16,21,25H,1,6-7,10-13,15H2,2-4H3/t21-/m0/s1. The van der Waals surface area contributed by atoms with Gasteiger partial charge in [0.05, 0.1) is 17.4 Å². The third kappa shape index (κ3) is 5.06.